The lowest BCUT2D eigenvalue weighted by Gasteiger charge is -2.07. The number of rotatable bonds is 1. The molecule has 0 bridgehead atoms. The number of aromatic nitrogens is 4. The molecule has 0 spiro atoms. The van der Waals surface area contributed by atoms with Crippen LogP contribution in [-0.2, 0) is 0 Å². The van der Waals surface area contributed by atoms with E-state index in [2.05, 4.69) is 15.0 Å². The van der Waals surface area contributed by atoms with Crippen molar-refractivity contribution < 1.29 is 4.79 Å². The number of aryl methyl sites for hydroxylation is 1. The number of hydrogen-bond acceptors (Lipinski definition) is 4. The standard InChI is InChI=1S/C17H12N4O/c1-11-4-2-6-13-15(11)19-14-7-3-5-12(16(14)20-13)17(22)21-9-8-18-10-21/h2-10H,1H3. The van der Waals surface area contributed by atoms with E-state index in [1.165, 1.54) is 10.9 Å². The molecule has 4 rings (SSSR count). The number of carbonyl (C=O) groups excluding carboxylic acids is 1. The number of para-hydroxylation sites is 2. The molecule has 5 heteroatoms. The molecule has 0 atom stereocenters. The molecule has 2 heterocycles. The first-order chi connectivity index (χ1) is 10.7. The molecule has 0 amide bonds. The maximum atomic E-state index is 12.6. The van der Waals surface area contributed by atoms with Crippen LogP contribution in [0.2, 0.25) is 0 Å². The van der Waals surface area contributed by atoms with Crippen LogP contribution in [0.3, 0.4) is 0 Å². The third-order valence-electron chi connectivity index (χ3n) is 3.67. The van der Waals surface area contributed by atoms with E-state index in [1.54, 1.807) is 18.5 Å². The molecule has 4 aromatic rings. The van der Waals surface area contributed by atoms with Crippen LogP contribution in [0, 0.1) is 6.92 Å². The summed E-state index contributed by atoms with van der Waals surface area (Å²) in [6, 6.07) is 11.3. The Morgan fingerprint density at radius 3 is 2.50 bits per heavy atom. The molecule has 0 saturated carbocycles. The van der Waals surface area contributed by atoms with Crippen LogP contribution in [-0.4, -0.2) is 25.4 Å². The minimum atomic E-state index is -0.163. The van der Waals surface area contributed by atoms with Crippen LogP contribution >= 0.6 is 0 Å². The molecule has 106 valence electrons. The minimum absolute atomic E-state index is 0.163. The Balaban J connectivity index is 2.02. The van der Waals surface area contributed by atoms with E-state index in [0.717, 1.165) is 16.6 Å². The van der Waals surface area contributed by atoms with Crippen molar-refractivity contribution in [2.75, 3.05) is 0 Å². The maximum absolute atomic E-state index is 12.6. The van der Waals surface area contributed by atoms with Crippen LogP contribution in [0.5, 0.6) is 0 Å². The quantitative estimate of drug-likeness (QED) is 0.505. The van der Waals surface area contributed by atoms with Crippen molar-refractivity contribution in [2.45, 2.75) is 6.92 Å². The number of imidazole rings is 1. The largest absolute Gasteiger partial charge is 0.272 e. The van der Waals surface area contributed by atoms with Gasteiger partial charge >= 0.3 is 0 Å². The van der Waals surface area contributed by atoms with Crippen molar-refractivity contribution >= 4 is 28.0 Å². The molecular formula is C17H12N4O. The smallest absolute Gasteiger partial charge is 0.265 e. The number of carbonyl (C=O) groups is 1. The summed E-state index contributed by atoms with van der Waals surface area (Å²) in [6.07, 6.45) is 4.69. The van der Waals surface area contributed by atoms with Gasteiger partial charge < -0.3 is 0 Å². The zero-order chi connectivity index (χ0) is 15.1. The van der Waals surface area contributed by atoms with Gasteiger partial charge in [-0.1, -0.05) is 18.2 Å². The molecular weight excluding hydrogens is 276 g/mol. The molecule has 22 heavy (non-hydrogen) atoms. The van der Waals surface area contributed by atoms with Crippen LogP contribution in [0.25, 0.3) is 22.1 Å². The molecule has 5 nitrogen and oxygen atoms in total. The van der Waals surface area contributed by atoms with Gasteiger partial charge in [-0.15, -0.1) is 0 Å². The fourth-order valence-electron chi connectivity index (χ4n) is 2.55. The number of benzene rings is 2. The lowest BCUT2D eigenvalue weighted by Crippen LogP contribution is -2.11. The molecule has 0 saturated heterocycles. The third-order valence-corrected chi connectivity index (χ3v) is 3.67. The SMILES string of the molecule is Cc1cccc2nc3c(C(=O)n4ccnc4)cccc3nc12. The Morgan fingerprint density at radius 1 is 1.00 bits per heavy atom. The van der Waals surface area contributed by atoms with E-state index < -0.39 is 0 Å². The van der Waals surface area contributed by atoms with Gasteiger partial charge in [0.1, 0.15) is 11.8 Å². The zero-order valence-corrected chi connectivity index (χ0v) is 11.9. The molecule has 0 radical (unpaired) electrons. The highest BCUT2D eigenvalue weighted by Gasteiger charge is 2.14. The van der Waals surface area contributed by atoms with Gasteiger partial charge in [-0.2, -0.15) is 0 Å². The van der Waals surface area contributed by atoms with Crippen LogP contribution in [0.1, 0.15) is 15.9 Å². The average molecular weight is 288 g/mol. The first kappa shape index (κ1) is 12.6. The lowest BCUT2D eigenvalue weighted by atomic mass is 10.1. The number of fused-ring (bicyclic) bond motifs is 2. The van der Waals surface area contributed by atoms with Gasteiger partial charge in [0.2, 0.25) is 0 Å². The predicted octanol–water partition coefficient (Wildman–Crippen LogP) is 2.98. The third kappa shape index (κ3) is 1.87. The normalized spacial score (nSPS) is 11.1. The van der Waals surface area contributed by atoms with Crippen LogP contribution in [0.4, 0.5) is 0 Å². The van der Waals surface area contributed by atoms with Crippen molar-refractivity contribution in [3.63, 3.8) is 0 Å². The van der Waals surface area contributed by atoms with Gasteiger partial charge in [0, 0.05) is 12.4 Å². The minimum Gasteiger partial charge on any atom is -0.272 e. The molecule has 2 aromatic heterocycles. The Bertz CT molecular complexity index is 1010. The van der Waals surface area contributed by atoms with Gasteiger partial charge in [-0.05, 0) is 30.7 Å². The van der Waals surface area contributed by atoms with Gasteiger partial charge in [-0.25, -0.2) is 15.0 Å². The zero-order valence-electron chi connectivity index (χ0n) is 11.9. The fraction of sp³-hybridized carbons (Fsp3) is 0.0588. The van der Waals surface area contributed by atoms with Crippen molar-refractivity contribution in [3.05, 3.63) is 66.2 Å². The van der Waals surface area contributed by atoms with Crippen molar-refractivity contribution in [1.82, 2.24) is 19.5 Å². The summed E-state index contributed by atoms with van der Waals surface area (Å²) in [5, 5.41) is 0. The molecule has 0 aliphatic carbocycles. The van der Waals surface area contributed by atoms with E-state index in [1.807, 2.05) is 37.3 Å². The molecule has 0 N–H and O–H groups in total. The number of nitrogens with zero attached hydrogens (tertiary/aromatic N) is 4. The first-order valence-electron chi connectivity index (χ1n) is 6.93. The Morgan fingerprint density at radius 2 is 1.73 bits per heavy atom. The van der Waals surface area contributed by atoms with Gasteiger partial charge in [0.15, 0.2) is 0 Å². The molecule has 2 aromatic carbocycles. The second-order valence-corrected chi connectivity index (χ2v) is 5.11. The second kappa shape index (κ2) is 4.73. The van der Waals surface area contributed by atoms with Gasteiger partial charge in [-0.3, -0.25) is 9.36 Å². The monoisotopic (exact) mass is 288 g/mol. The molecule has 0 unspecified atom stereocenters. The summed E-state index contributed by atoms with van der Waals surface area (Å²) in [6.45, 7) is 2.00. The van der Waals surface area contributed by atoms with E-state index in [0.29, 0.717) is 16.6 Å². The summed E-state index contributed by atoms with van der Waals surface area (Å²) >= 11 is 0. The van der Waals surface area contributed by atoms with Gasteiger partial charge in [0.05, 0.1) is 22.1 Å². The fourth-order valence-corrected chi connectivity index (χ4v) is 2.55. The highest BCUT2D eigenvalue weighted by molar-refractivity contribution is 6.07. The van der Waals surface area contributed by atoms with Crippen molar-refractivity contribution in [2.24, 2.45) is 0 Å². The van der Waals surface area contributed by atoms with Crippen LogP contribution < -0.4 is 0 Å². The van der Waals surface area contributed by atoms with E-state index >= 15 is 0 Å². The van der Waals surface area contributed by atoms with Crippen molar-refractivity contribution in [3.8, 4) is 0 Å². The highest BCUT2D eigenvalue weighted by Crippen LogP contribution is 2.22. The summed E-state index contributed by atoms with van der Waals surface area (Å²) in [4.78, 5) is 25.8. The predicted molar refractivity (Wildman–Crippen MR) is 83.7 cm³/mol. The van der Waals surface area contributed by atoms with E-state index in [9.17, 15) is 4.79 Å². The summed E-state index contributed by atoms with van der Waals surface area (Å²) in [5.41, 5.74) is 4.57. The first-order valence-corrected chi connectivity index (χ1v) is 6.93. The molecule has 0 fully saturated rings. The molecule has 0 aliphatic heterocycles. The maximum Gasteiger partial charge on any atom is 0.265 e. The summed E-state index contributed by atoms with van der Waals surface area (Å²) in [7, 11) is 0. The Hall–Kier alpha value is -3.08. The Labute approximate surface area is 126 Å². The van der Waals surface area contributed by atoms with Gasteiger partial charge in [0.25, 0.3) is 5.91 Å². The van der Waals surface area contributed by atoms with Crippen LogP contribution in [0.15, 0.2) is 55.1 Å². The average Bonchev–Trinajstić information content (AvgIpc) is 3.07. The second-order valence-electron chi connectivity index (χ2n) is 5.11. The number of hydrogen-bond donors (Lipinski definition) is 0. The summed E-state index contributed by atoms with van der Waals surface area (Å²) in [5.74, 6) is -0.163. The highest BCUT2D eigenvalue weighted by atomic mass is 16.2. The topological polar surface area (TPSA) is 60.7 Å². The van der Waals surface area contributed by atoms with Crippen molar-refractivity contribution in [1.29, 1.82) is 0 Å². The van der Waals surface area contributed by atoms with E-state index in [4.69, 9.17) is 0 Å². The molecule has 0 aliphatic rings. The summed E-state index contributed by atoms with van der Waals surface area (Å²) < 4.78 is 1.44. The lowest BCUT2D eigenvalue weighted by molar-refractivity contribution is 0.0961. The van der Waals surface area contributed by atoms with E-state index in [-0.39, 0.29) is 5.91 Å². The Kier molecular flexibility index (Phi) is 2.72.